The van der Waals surface area contributed by atoms with Crippen molar-refractivity contribution in [1.82, 2.24) is 0 Å². The minimum absolute atomic E-state index is 0.329. The highest BCUT2D eigenvalue weighted by molar-refractivity contribution is 7.91. The van der Waals surface area contributed by atoms with Crippen molar-refractivity contribution in [3.63, 3.8) is 0 Å². The van der Waals surface area contributed by atoms with Crippen molar-refractivity contribution in [3.8, 4) is 0 Å². The van der Waals surface area contributed by atoms with Crippen molar-refractivity contribution in [2.45, 2.75) is 23.6 Å². The third kappa shape index (κ3) is 2.67. The van der Waals surface area contributed by atoms with E-state index < -0.39 is 15.2 Å². The maximum absolute atomic E-state index is 11.9. The number of quaternary nitrogens is 1. The molecular formula is C11H16NO2S+. The van der Waals surface area contributed by atoms with Crippen molar-refractivity contribution < 1.29 is 14.2 Å². The van der Waals surface area contributed by atoms with Gasteiger partial charge >= 0.3 is 0 Å². The molecule has 1 rings (SSSR count). The molecule has 3 N–H and O–H groups in total. The van der Waals surface area contributed by atoms with Gasteiger partial charge in [-0.25, -0.2) is 8.42 Å². The van der Waals surface area contributed by atoms with Crippen LogP contribution in [-0.4, -0.2) is 13.8 Å². The first-order chi connectivity index (χ1) is 6.98. The van der Waals surface area contributed by atoms with Crippen LogP contribution in [0.2, 0.25) is 0 Å². The summed E-state index contributed by atoms with van der Waals surface area (Å²) in [6.45, 7) is 5.44. The molecule has 0 amide bonds. The van der Waals surface area contributed by atoms with E-state index in [1.807, 2.05) is 6.92 Å². The summed E-state index contributed by atoms with van der Waals surface area (Å²) in [5.41, 5.74) is 4.68. The normalized spacial score (nSPS) is 13.5. The average Bonchev–Trinajstić information content (AvgIpc) is 2.18. The van der Waals surface area contributed by atoms with Gasteiger partial charge in [0.2, 0.25) is 9.84 Å². The first kappa shape index (κ1) is 11.9. The molecule has 4 heteroatoms. The van der Waals surface area contributed by atoms with Crippen LogP contribution in [0.25, 0.3) is 0 Å². The number of benzene rings is 1. The van der Waals surface area contributed by atoms with E-state index in [4.69, 9.17) is 0 Å². The van der Waals surface area contributed by atoms with E-state index in [-0.39, 0.29) is 0 Å². The lowest BCUT2D eigenvalue weighted by atomic mass is 10.2. The molecule has 0 radical (unpaired) electrons. The number of aryl methyl sites for hydroxylation is 1. The zero-order valence-electron chi connectivity index (χ0n) is 8.81. The summed E-state index contributed by atoms with van der Waals surface area (Å²) in [6, 6.07) is 6.80. The maximum atomic E-state index is 11.9. The van der Waals surface area contributed by atoms with E-state index in [0.29, 0.717) is 11.3 Å². The van der Waals surface area contributed by atoms with Gasteiger partial charge in [0.25, 0.3) is 0 Å². The van der Waals surface area contributed by atoms with Crippen LogP contribution >= 0.6 is 0 Å². The zero-order valence-corrected chi connectivity index (χ0v) is 9.63. The molecule has 0 bridgehead atoms. The highest BCUT2D eigenvalue weighted by Crippen LogP contribution is 2.15. The summed E-state index contributed by atoms with van der Waals surface area (Å²) in [7, 11) is -3.30. The largest absolute Gasteiger partial charge is 0.342 e. The summed E-state index contributed by atoms with van der Waals surface area (Å²) in [4.78, 5) is 0.329. The molecule has 0 aliphatic rings. The fourth-order valence-corrected chi connectivity index (χ4v) is 2.52. The lowest BCUT2D eigenvalue weighted by Crippen LogP contribution is -2.64. The fourth-order valence-electron chi connectivity index (χ4n) is 1.23. The fraction of sp³-hybridized carbons (Fsp3) is 0.273. The van der Waals surface area contributed by atoms with Gasteiger partial charge in [0.05, 0.1) is 4.90 Å². The standard InChI is InChI=1S/C11H15NO2S/c1-3-4-11(12)15(13,14)10-7-5-9(2)6-8-10/h3,5-8,11H,1,4,12H2,2H3/p+1. The first-order valence-corrected chi connectivity index (χ1v) is 6.27. The van der Waals surface area contributed by atoms with E-state index in [2.05, 4.69) is 12.3 Å². The third-order valence-electron chi connectivity index (χ3n) is 2.22. The van der Waals surface area contributed by atoms with Crippen molar-refractivity contribution in [1.29, 1.82) is 0 Å². The molecule has 0 aliphatic heterocycles. The number of rotatable bonds is 4. The predicted molar refractivity (Wildman–Crippen MR) is 59.9 cm³/mol. The maximum Gasteiger partial charge on any atom is 0.231 e. The number of hydrogen-bond acceptors (Lipinski definition) is 2. The second kappa shape index (κ2) is 4.59. The molecule has 1 aromatic carbocycles. The molecule has 0 saturated carbocycles. The Kier molecular flexibility index (Phi) is 3.66. The third-order valence-corrected chi connectivity index (χ3v) is 4.22. The molecule has 15 heavy (non-hydrogen) atoms. The Labute approximate surface area is 90.5 Å². The minimum Gasteiger partial charge on any atom is -0.342 e. The molecule has 0 spiro atoms. The van der Waals surface area contributed by atoms with E-state index in [1.54, 1.807) is 30.3 Å². The van der Waals surface area contributed by atoms with Gasteiger partial charge in [-0.1, -0.05) is 23.8 Å². The molecule has 1 aromatic rings. The van der Waals surface area contributed by atoms with E-state index in [1.165, 1.54) is 0 Å². The monoisotopic (exact) mass is 226 g/mol. The second-order valence-electron chi connectivity index (χ2n) is 3.50. The molecule has 0 saturated heterocycles. The molecule has 0 aromatic heterocycles. The smallest absolute Gasteiger partial charge is 0.231 e. The highest BCUT2D eigenvalue weighted by Gasteiger charge is 2.25. The second-order valence-corrected chi connectivity index (χ2v) is 5.73. The summed E-state index contributed by atoms with van der Waals surface area (Å²) in [5, 5.41) is -0.655. The molecule has 0 heterocycles. The van der Waals surface area contributed by atoms with Gasteiger partial charge in [0.1, 0.15) is 0 Å². The van der Waals surface area contributed by atoms with Gasteiger partial charge in [-0.05, 0) is 19.1 Å². The van der Waals surface area contributed by atoms with Gasteiger partial charge in [-0.3, -0.25) is 0 Å². The lowest BCUT2D eigenvalue weighted by Gasteiger charge is -2.08. The van der Waals surface area contributed by atoms with E-state index >= 15 is 0 Å². The summed E-state index contributed by atoms with van der Waals surface area (Å²) < 4.78 is 23.8. The molecule has 3 nitrogen and oxygen atoms in total. The predicted octanol–water partition coefficient (Wildman–Crippen LogP) is 0.913. The molecule has 82 valence electrons. The topological polar surface area (TPSA) is 61.8 Å². The van der Waals surface area contributed by atoms with Gasteiger partial charge in [0, 0.05) is 6.42 Å². The molecule has 1 unspecified atom stereocenters. The summed E-state index contributed by atoms with van der Waals surface area (Å²) in [5.74, 6) is 0. The summed E-state index contributed by atoms with van der Waals surface area (Å²) in [6.07, 6.45) is 1.94. The molecule has 0 fully saturated rings. The van der Waals surface area contributed by atoms with Gasteiger partial charge in [-0.2, -0.15) is 0 Å². The van der Waals surface area contributed by atoms with Crippen LogP contribution in [0.15, 0.2) is 41.8 Å². The number of sulfone groups is 1. The summed E-state index contributed by atoms with van der Waals surface area (Å²) >= 11 is 0. The highest BCUT2D eigenvalue weighted by atomic mass is 32.2. The Bertz CT molecular complexity index is 434. The van der Waals surface area contributed by atoms with Crippen LogP contribution in [0, 0.1) is 6.92 Å². The Balaban J connectivity index is 3.06. The van der Waals surface area contributed by atoms with E-state index in [0.717, 1.165) is 5.56 Å². The van der Waals surface area contributed by atoms with Gasteiger partial charge < -0.3 is 5.73 Å². The number of hydrogen-bond donors (Lipinski definition) is 1. The van der Waals surface area contributed by atoms with Crippen LogP contribution in [0.4, 0.5) is 0 Å². The Morgan fingerprint density at radius 1 is 1.40 bits per heavy atom. The van der Waals surface area contributed by atoms with Crippen LogP contribution in [-0.2, 0) is 9.84 Å². The van der Waals surface area contributed by atoms with Crippen molar-refractivity contribution in [3.05, 3.63) is 42.5 Å². The van der Waals surface area contributed by atoms with Gasteiger partial charge in [-0.15, -0.1) is 6.58 Å². The lowest BCUT2D eigenvalue weighted by molar-refractivity contribution is -0.387. The molecule has 1 atom stereocenters. The van der Waals surface area contributed by atoms with Crippen molar-refractivity contribution >= 4 is 9.84 Å². The Hall–Kier alpha value is -1.13. The van der Waals surface area contributed by atoms with Crippen LogP contribution in [0.5, 0.6) is 0 Å². The Morgan fingerprint density at radius 3 is 2.40 bits per heavy atom. The SMILES string of the molecule is C=CCC([NH3+])S(=O)(=O)c1ccc(C)cc1. The van der Waals surface area contributed by atoms with E-state index in [9.17, 15) is 8.42 Å². The zero-order chi connectivity index (χ0) is 11.5. The quantitative estimate of drug-likeness (QED) is 0.776. The van der Waals surface area contributed by atoms with Crippen molar-refractivity contribution in [2.75, 3.05) is 0 Å². The van der Waals surface area contributed by atoms with Gasteiger partial charge in [0.15, 0.2) is 5.37 Å². The van der Waals surface area contributed by atoms with Crippen LogP contribution < -0.4 is 5.73 Å². The Morgan fingerprint density at radius 2 is 1.93 bits per heavy atom. The molecular weight excluding hydrogens is 210 g/mol. The van der Waals surface area contributed by atoms with Crippen LogP contribution in [0.3, 0.4) is 0 Å². The van der Waals surface area contributed by atoms with Crippen molar-refractivity contribution in [2.24, 2.45) is 0 Å². The molecule has 0 aliphatic carbocycles. The van der Waals surface area contributed by atoms with Crippen LogP contribution in [0.1, 0.15) is 12.0 Å². The first-order valence-electron chi connectivity index (χ1n) is 4.73. The average molecular weight is 226 g/mol. The minimum atomic E-state index is -3.30.